The van der Waals surface area contributed by atoms with Crippen LogP contribution in [0.25, 0.3) is 0 Å². The normalized spacial score (nSPS) is 25.2. The lowest BCUT2D eigenvalue weighted by atomic mass is 9.97. The predicted octanol–water partition coefficient (Wildman–Crippen LogP) is 3.08. The molecule has 1 saturated carbocycles. The van der Waals surface area contributed by atoms with Crippen LogP contribution in [0, 0.1) is 17.8 Å². The lowest BCUT2D eigenvalue weighted by molar-refractivity contribution is -0.137. The first kappa shape index (κ1) is 25.0. The molecule has 180 valence electrons. The standard InChI is InChI=1S/C22H32F3N3O3S/c1-14(2)9-19(26)21(29)28(32(3,30)31)20-8-7-16-12-27(13-18(16)20)11-15-5-4-6-17(10-15)22(23,24)25/h4-6,10,14,16,18-20H,7-9,11-13,26H2,1-3H3/t16-,18+,19-,20+/m1/s1. The van der Waals surface area contributed by atoms with Crippen LogP contribution in [0.2, 0.25) is 0 Å². The zero-order chi connectivity index (χ0) is 23.8. The molecule has 0 spiro atoms. The first-order chi connectivity index (χ1) is 14.8. The Morgan fingerprint density at radius 2 is 1.94 bits per heavy atom. The molecule has 0 bridgehead atoms. The second-order valence-electron chi connectivity index (χ2n) is 9.59. The number of alkyl halides is 3. The Morgan fingerprint density at radius 3 is 2.53 bits per heavy atom. The number of rotatable bonds is 7. The van der Waals surface area contributed by atoms with Crippen molar-refractivity contribution >= 4 is 15.9 Å². The summed E-state index contributed by atoms with van der Waals surface area (Å²) < 4.78 is 65.2. The molecule has 32 heavy (non-hydrogen) atoms. The van der Waals surface area contributed by atoms with E-state index in [0.29, 0.717) is 38.0 Å². The molecule has 1 aliphatic carbocycles. The third-order valence-electron chi connectivity index (χ3n) is 6.47. The van der Waals surface area contributed by atoms with Crippen LogP contribution < -0.4 is 5.73 Å². The summed E-state index contributed by atoms with van der Waals surface area (Å²) in [6.45, 7) is 5.40. The predicted molar refractivity (Wildman–Crippen MR) is 116 cm³/mol. The third-order valence-corrected chi connectivity index (χ3v) is 7.64. The fourth-order valence-corrected chi connectivity index (χ4v) is 6.41. The van der Waals surface area contributed by atoms with Crippen molar-refractivity contribution in [1.82, 2.24) is 9.21 Å². The van der Waals surface area contributed by atoms with Gasteiger partial charge in [0.2, 0.25) is 10.0 Å². The molecule has 1 aliphatic heterocycles. The molecule has 0 aromatic heterocycles. The van der Waals surface area contributed by atoms with E-state index in [9.17, 15) is 26.4 Å². The van der Waals surface area contributed by atoms with Crippen LogP contribution in [0.4, 0.5) is 13.2 Å². The maximum Gasteiger partial charge on any atom is 0.416 e. The molecule has 1 heterocycles. The van der Waals surface area contributed by atoms with Gasteiger partial charge in [-0.25, -0.2) is 12.7 Å². The van der Waals surface area contributed by atoms with E-state index in [1.165, 1.54) is 6.07 Å². The second kappa shape index (κ2) is 9.30. The highest BCUT2D eigenvalue weighted by molar-refractivity contribution is 7.88. The Bertz CT molecular complexity index is 936. The summed E-state index contributed by atoms with van der Waals surface area (Å²) in [7, 11) is -3.81. The van der Waals surface area contributed by atoms with E-state index < -0.39 is 39.8 Å². The number of fused-ring (bicyclic) bond motifs is 1. The number of likely N-dealkylation sites (tertiary alicyclic amines) is 1. The van der Waals surface area contributed by atoms with Gasteiger partial charge in [-0.15, -0.1) is 0 Å². The summed E-state index contributed by atoms with van der Waals surface area (Å²) in [5, 5.41) is 0. The molecule has 2 fully saturated rings. The molecule has 10 heteroatoms. The number of carbonyl (C=O) groups excluding carboxylic acids is 1. The van der Waals surface area contributed by atoms with E-state index >= 15 is 0 Å². The van der Waals surface area contributed by atoms with Gasteiger partial charge in [-0.1, -0.05) is 32.0 Å². The van der Waals surface area contributed by atoms with Crippen molar-refractivity contribution < 1.29 is 26.4 Å². The van der Waals surface area contributed by atoms with Crippen molar-refractivity contribution in [3.8, 4) is 0 Å². The van der Waals surface area contributed by atoms with Crippen LogP contribution in [-0.4, -0.2) is 55.0 Å². The van der Waals surface area contributed by atoms with Crippen LogP contribution >= 0.6 is 0 Å². The quantitative estimate of drug-likeness (QED) is 0.655. The summed E-state index contributed by atoms with van der Waals surface area (Å²) in [6.07, 6.45) is -1.61. The Hall–Kier alpha value is -1.65. The van der Waals surface area contributed by atoms with Gasteiger partial charge >= 0.3 is 6.18 Å². The maximum absolute atomic E-state index is 13.0. The summed E-state index contributed by atoms with van der Waals surface area (Å²) in [5.41, 5.74) is 5.92. The highest BCUT2D eigenvalue weighted by Gasteiger charge is 2.49. The number of hydrogen-bond donors (Lipinski definition) is 1. The summed E-state index contributed by atoms with van der Waals surface area (Å²) in [5.74, 6) is -0.265. The van der Waals surface area contributed by atoms with Gasteiger partial charge in [0.25, 0.3) is 5.91 Å². The van der Waals surface area contributed by atoms with E-state index in [2.05, 4.69) is 4.90 Å². The van der Waals surface area contributed by atoms with Crippen molar-refractivity contribution in [2.75, 3.05) is 19.3 Å². The molecule has 0 radical (unpaired) electrons. The Balaban J connectivity index is 1.74. The van der Waals surface area contributed by atoms with Gasteiger partial charge in [-0.05, 0) is 48.6 Å². The number of hydrogen-bond acceptors (Lipinski definition) is 5. The van der Waals surface area contributed by atoms with Crippen molar-refractivity contribution in [2.45, 2.75) is 57.9 Å². The molecule has 1 aromatic rings. The van der Waals surface area contributed by atoms with E-state index in [1.807, 2.05) is 13.8 Å². The lowest BCUT2D eigenvalue weighted by Gasteiger charge is -2.33. The fourth-order valence-electron chi connectivity index (χ4n) is 5.20. The lowest BCUT2D eigenvalue weighted by Crippen LogP contribution is -2.53. The van der Waals surface area contributed by atoms with Crippen molar-refractivity contribution in [2.24, 2.45) is 23.5 Å². The third kappa shape index (κ3) is 5.63. The number of carbonyl (C=O) groups is 1. The molecule has 1 aromatic carbocycles. The maximum atomic E-state index is 13.0. The van der Waals surface area contributed by atoms with Gasteiger partial charge in [-0.3, -0.25) is 9.69 Å². The van der Waals surface area contributed by atoms with Crippen LogP contribution in [0.3, 0.4) is 0 Å². The van der Waals surface area contributed by atoms with E-state index in [1.54, 1.807) is 6.07 Å². The zero-order valence-electron chi connectivity index (χ0n) is 18.7. The Kier molecular flexibility index (Phi) is 7.26. The highest BCUT2D eigenvalue weighted by Crippen LogP contribution is 2.42. The average Bonchev–Trinajstić information content (AvgIpc) is 3.21. The first-order valence-electron chi connectivity index (χ1n) is 10.9. The molecule has 4 atom stereocenters. The van der Waals surface area contributed by atoms with E-state index in [4.69, 9.17) is 5.73 Å². The Morgan fingerprint density at radius 1 is 1.25 bits per heavy atom. The number of nitrogens with two attached hydrogens (primary N) is 1. The number of nitrogens with zero attached hydrogens (tertiary/aromatic N) is 2. The van der Waals surface area contributed by atoms with Crippen LogP contribution in [0.1, 0.15) is 44.2 Å². The van der Waals surface area contributed by atoms with Gasteiger partial charge in [0.05, 0.1) is 23.9 Å². The highest BCUT2D eigenvalue weighted by atomic mass is 32.2. The fraction of sp³-hybridized carbons (Fsp3) is 0.682. The largest absolute Gasteiger partial charge is 0.416 e. The number of benzene rings is 1. The van der Waals surface area contributed by atoms with Crippen molar-refractivity contribution in [3.63, 3.8) is 0 Å². The van der Waals surface area contributed by atoms with Crippen molar-refractivity contribution in [1.29, 1.82) is 0 Å². The number of amides is 1. The molecule has 3 rings (SSSR count). The minimum Gasteiger partial charge on any atom is -0.320 e. The minimum absolute atomic E-state index is 0.0503. The average molecular weight is 476 g/mol. The topological polar surface area (TPSA) is 83.7 Å². The smallest absolute Gasteiger partial charge is 0.320 e. The molecule has 2 aliphatic rings. The SMILES string of the molecule is CC(C)C[C@@H](N)C(=O)N([C@H]1CC[C@@H]2CN(Cc3cccc(C(F)(F)F)c3)C[C@@H]21)S(C)(=O)=O. The molecule has 6 nitrogen and oxygen atoms in total. The number of sulfonamides is 1. The zero-order valence-corrected chi connectivity index (χ0v) is 19.5. The summed E-state index contributed by atoms with van der Waals surface area (Å²) in [6, 6.07) is 3.92. The van der Waals surface area contributed by atoms with Crippen LogP contribution in [0.5, 0.6) is 0 Å². The Labute approximate surface area is 188 Å². The van der Waals surface area contributed by atoms with E-state index in [0.717, 1.165) is 29.1 Å². The summed E-state index contributed by atoms with van der Waals surface area (Å²) in [4.78, 5) is 15.1. The summed E-state index contributed by atoms with van der Waals surface area (Å²) >= 11 is 0. The van der Waals surface area contributed by atoms with Gasteiger partial charge in [-0.2, -0.15) is 13.2 Å². The van der Waals surface area contributed by atoms with Gasteiger partial charge in [0.15, 0.2) is 0 Å². The minimum atomic E-state index is -4.40. The molecular weight excluding hydrogens is 443 g/mol. The molecular formula is C22H32F3N3O3S. The first-order valence-corrected chi connectivity index (χ1v) is 12.8. The van der Waals surface area contributed by atoms with E-state index in [-0.39, 0.29) is 17.8 Å². The monoisotopic (exact) mass is 475 g/mol. The van der Waals surface area contributed by atoms with Gasteiger partial charge < -0.3 is 5.73 Å². The van der Waals surface area contributed by atoms with Crippen molar-refractivity contribution in [3.05, 3.63) is 35.4 Å². The molecule has 0 unspecified atom stereocenters. The molecule has 1 saturated heterocycles. The van der Waals surface area contributed by atoms with Gasteiger partial charge in [0, 0.05) is 19.6 Å². The second-order valence-corrected chi connectivity index (χ2v) is 11.5. The van der Waals surface area contributed by atoms with Crippen LogP contribution in [-0.2, 0) is 27.5 Å². The van der Waals surface area contributed by atoms with Crippen LogP contribution in [0.15, 0.2) is 24.3 Å². The number of halogens is 3. The van der Waals surface area contributed by atoms with Gasteiger partial charge in [0.1, 0.15) is 0 Å². The molecule has 2 N–H and O–H groups in total. The molecule has 1 amide bonds.